The Balaban J connectivity index is 1.61. The summed E-state index contributed by atoms with van der Waals surface area (Å²) in [6.45, 7) is 1.92. The number of nitrogens with one attached hydrogen (secondary N) is 1. The number of hydrogen-bond acceptors (Lipinski definition) is 2. The van der Waals surface area contributed by atoms with Gasteiger partial charge in [0.05, 0.1) is 5.71 Å². The Morgan fingerprint density at radius 3 is 2.65 bits per heavy atom. The molecule has 3 nitrogen and oxygen atoms in total. The van der Waals surface area contributed by atoms with E-state index in [2.05, 4.69) is 26.5 Å². The Morgan fingerprint density at radius 1 is 1.30 bits per heavy atom. The van der Waals surface area contributed by atoms with Crippen molar-refractivity contribution in [3.05, 3.63) is 34.3 Å². The van der Waals surface area contributed by atoms with E-state index in [9.17, 15) is 4.79 Å². The van der Waals surface area contributed by atoms with Gasteiger partial charge in [-0.05, 0) is 49.3 Å². The predicted octanol–water partition coefficient (Wildman–Crippen LogP) is 3.73. The van der Waals surface area contributed by atoms with Crippen LogP contribution in [-0.2, 0) is 4.79 Å². The predicted molar refractivity (Wildman–Crippen MR) is 83.4 cm³/mol. The molecule has 1 aromatic carbocycles. The number of hydrogen-bond donors (Lipinski definition) is 1. The number of halogens is 1. The van der Waals surface area contributed by atoms with Crippen molar-refractivity contribution >= 4 is 27.5 Å². The minimum atomic E-state index is 0.108. The van der Waals surface area contributed by atoms with Crippen molar-refractivity contribution < 1.29 is 4.79 Å². The summed E-state index contributed by atoms with van der Waals surface area (Å²) in [5.74, 6) is 1.59. The highest BCUT2D eigenvalue weighted by Crippen LogP contribution is 2.55. The van der Waals surface area contributed by atoms with Crippen LogP contribution in [-0.4, -0.2) is 11.6 Å². The third kappa shape index (κ3) is 2.80. The number of hydrazone groups is 1. The number of benzene rings is 1. The van der Waals surface area contributed by atoms with Gasteiger partial charge in [0.15, 0.2) is 0 Å². The number of nitrogens with zero attached hydrogens (tertiary/aromatic N) is 1. The van der Waals surface area contributed by atoms with Crippen molar-refractivity contribution in [1.82, 2.24) is 5.43 Å². The fraction of sp³-hybridized carbons (Fsp3) is 0.500. The molecule has 3 rings (SSSR count). The van der Waals surface area contributed by atoms with Gasteiger partial charge in [0.2, 0.25) is 5.91 Å². The maximum Gasteiger partial charge on any atom is 0.243 e. The molecule has 106 valence electrons. The van der Waals surface area contributed by atoms with E-state index in [-0.39, 0.29) is 11.8 Å². The largest absolute Gasteiger partial charge is 0.273 e. The zero-order valence-electron chi connectivity index (χ0n) is 11.6. The summed E-state index contributed by atoms with van der Waals surface area (Å²) in [6.07, 6.45) is 5.00. The lowest BCUT2D eigenvalue weighted by Gasteiger charge is -2.04. The number of amides is 1. The quantitative estimate of drug-likeness (QED) is 0.664. The third-order valence-corrected chi connectivity index (χ3v) is 5.03. The van der Waals surface area contributed by atoms with Gasteiger partial charge in [0.25, 0.3) is 0 Å². The summed E-state index contributed by atoms with van der Waals surface area (Å²) in [4.78, 5) is 12.1. The molecule has 2 saturated carbocycles. The van der Waals surface area contributed by atoms with Crippen molar-refractivity contribution in [2.75, 3.05) is 0 Å². The fourth-order valence-corrected chi connectivity index (χ4v) is 3.77. The van der Waals surface area contributed by atoms with Gasteiger partial charge in [-0.15, -0.1) is 0 Å². The molecule has 4 heteroatoms. The van der Waals surface area contributed by atoms with Crippen LogP contribution in [0.4, 0.5) is 0 Å². The van der Waals surface area contributed by atoms with E-state index in [0.717, 1.165) is 15.7 Å². The van der Waals surface area contributed by atoms with Crippen LogP contribution in [0.1, 0.15) is 38.2 Å². The van der Waals surface area contributed by atoms with Gasteiger partial charge in [-0.2, -0.15) is 5.10 Å². The van der Waals surface area contributed by atoms with Gasteiger partial charge in [-0.25, -0.2) is 5.43 Å². The molecule has 2 aliphatic carbocycles. The molecule has 0 spiro atoms. The molecule has 1 aromatic rings. The Hall–Kier alpha value is -1.16. The lowest BCUT2D eigenvalue weighted by Crippen LogP contribution is -2.22. The standard InChI is InChI=1S/C16H19BrN2O/c1-10(11-5-4-6-12(17)9-11)18-19-16(20)15-13-7-2-3-8-14(13)15/h4-6,9,13-15H,2-3,7-8H2,1H3,(H,19,20). The smallest absolute Gasteiger partial charge is 0.243 e. The second kappa shape index (κ2) is 5.68. The van der Waals surface area contributed by atoms with Gasteiger partial charge >= 0.3 is 0 Å². The average molecular weight is 335 g/mol. The van der Waals surface area contributed by atoms with Crippen LogP contribution in [0, 0.1) is 17.8 Å². The van der Waals surface area contributed by atoms with Gasteiger partial charge < -0.3 is 0 Å². The second-order valence-corrected chi connectivity index (χ2v) is 6.74. The molecular formula is C16H19BrN2O. The lowest BCUT2D eigenvalue weighted by atomic mass is 10.0. The van der Waals surface area contributed by atoms with E-state index in [4.69, 9.17) is 0 Å². The van der Waals surface area contributed by atoms with Crippen molar-refractivity contribution in [1.29, 1.82) is 0 Å². The van der Waals surface area contributed by atoms with E-state index in [1.54, 1.807) is 0 Å². The molecule has 1 amide bonds. The van der Waals surface area contributed by atoms with Crippen LogP contribution in [0.5, 0.6) is 0 Å². The Labute approximate surface area is 128 Å². The molecule has 2 aliphatic rings. The molecule has 0 heterocycles. The van der Waals surface area contributed by atoms with Gasteiger partial charge in [-0.3, -0.25) is 4.79 Å². The molecule has 0 aliphatic heterocycles. The first kappa shape index (κ1) is 13.8. The highest BCUT2D eigenvalue weighted by molar-refractivity contribution is 9.10. The fourth-order valence-electron chi connectivity index (χ4n) is 3.37. The first-order valence-corrected chi connectivity index (χ1v) is 8.06. The number of fused-ring (bicyclic) bond motifs is 1. The van der Waals surface area contributed by atoms with Crippen LogP contribution in [0.3, 0.4) is 0 Å². The lowest BCUT2D eigenvalue weighted by molar-refractivity contribution is -0.122. The molecule has 20 heavy (non-hydrogen) atoms. The Kier molecular flexibility index (Phi) is 3.92. The van der Waals surface area contributed by atoms with E-state index in [1.165, 1.54) is 25.7 Å². The normalized spacial score (nSPS) is 28.7. The summed E-state index contributed by atoms with van der Waals surface area (Å²) >= 11 is 3.44. The summed E-state index contributed by atoms with van der Waals surface area (Å²) < 4.78 is 1.02. The molecule has 1 N–H and O–H groups in total. The maximum absolute atomic E-state index is 12.1. The van der Waals surface area contributed by atoms with E-state index < -0.39 is 0 Å². The van der Waals surface area contributed by atoms with Gasteiger partial charge in [0, 0.05) is 10.4 Å². The van der Waals surface area contributed by atoms with Crippen molar-refractivity contribution in [3.8, 4) is 0 Å². The number of carbonyl (C=O) groups is 1. The number of rotatable bonds is 3. The highest BCUT2D eigenvalue weighted by Gasteiger charge is 2.54. The van der Waals surface area contributed by atoms with Gasteiger partial charge in [-0.1, -0.05) is 40.9 Å². The zero-order chi connectivity index (χ0) is 14.1. The third-order valence-electron chi connectivity index (χ3n) is 4.54. The van der Waals surface area contributed by atoms with Gasteiger partial charge in [0.1, 0.15) is 0 Å². The van der Waals surface area contributed by atoms with Crippen molar-refractivity contribution in [2.24, 2.45) is 22.9 Å². The zero-order valence-corrected chi connectivity index (χ0v) is 13.2. The number of carbonyl (C=O) groups excluding carboxylic acids is 1. The minimum Gasteiger partial charge on any atom is -0.273 e. The topological polar surface area (TPSA) is 41.5 Å². The Morgan fingerprint density at radius 2 is 2.00 bits per heavy atom. The highest BCUT2D eigenvalue weighted by atomic mass is 79.9. The van der Waals surface area contributed by atoms with Crippen LogP contribution >= 0.6 is 15.9 Å². The molecule has 0 aromatic heterocycles. The first-order chi connectivity index (χ1) is 9.66. The Bertz CT molecular complexity index is 543. The minimum absolute atomic E-state index is 0.108. The van der Waals surface area contributed by atoms with Crippen molar-refractivity contribution in [3.63, 3.8) is 0 Å². The maximum atomic E-state index is 12.1. The molecule has 0 bridgehead atoms. The molecule has 2 atom stereocenters. The second-order valence-electron chi connectivity index (χ2n) is 5.82. The summed E-state index contributed by atoms with van der Waals surface area (Å²) in [5.41, 5.74) is 4.61. The van der Waals surface area contributed by atoms with Crippen LogP contribution < -0.4 is 5.43 Å². The van der Waals surface area contributed by atoms with Crippen LogP contribution in [0.2, 0.25) is 0 Å². The average Bonchev–Trinajstić information content (AvgIpc) is 3.19. The summed E-state index contributed by atoms with van der Waals surface area (Å²) in [7, 11) is 0. The van der Waals surface area contributed by atoms with E-state index in [0.29, 0.717) is 11.8 Å². The molecule has 0 saturated heterocycles. The summed E-state index contributed by atoms with van der Waals surface area (Å²) in [6, 6.07) is 7.94. The monoisotopic (exact) mass is 334 g/mol. The first-order valence-electron chi connectivity index (χ1n) is 7.27. The SMILES string of the molecule is CC(=NNC(=O)C1C2CCCCC21)c1cccc(Br)c1. The molecule has 2 fully saturated rings. The molecule has 2 unspecified atom stereocenters. The van der Waals surface area contributed by atoms with E-state index in [1.807, 2.05) is 31.2 Å². The molecular weight excluding hydrogens is 316 g/mol. The van der Waals surface area contributed by atoms with E-state index >= 15 is 0 Å². The van der Waals surface area contributed by atoms with Crippen LogP contribution in [0.15, 0.2) is 33.8 Å². The van der Waals surface area contributed by atoms with Crippen LogP contribution in [0.25, 0.3) is 0 Å². The molecule has 0 radical (unpaired) electrons. The summed E-state index contributed by atoms with van der Waals surface area (Å²) in [5, 5.41) is 4.25. The van der Waals surface area contributed by atoms with Crippen molar-refractivity contribution in [2.45, 2.75) is 32.6 Å².